The van der Waals surface area contributed by atoms with Gasteiger partial charge in [-0.2, -0.15) is 15.3 Å². The molecule has 6 aromatic rings. The summed E-state index contributed by atoms with van der Waals surface area (Å²) < 4.78 is 7.06. The normalized spacial score (nSPS) is 32.5. The predicted molar refractivity (Wildman–Crippen MR) is 456 cm³/mol. The van der Waals surface area contributed by atoms with Crippen molar-refractivity contribution in [2.75, 3.05) is 0 Å². The van der Waals surface area contributed by atoms with E-state index >= 15 is 0 Å². The predicted octanol–water partition coefficient (Wildman–Crippen LogP) is 24.1. The second-order valence-corrected chi connectivity index (χ2v) is 42.1. The number of aromatic nitrogens is 6. The molecule has 0 saturated heterocycles. The number of hydrogen-bond donors (Lipinski definition) is 3. The lowest BCUT2D eigenvalue weighted by atomic mass is 9.48. The molecule has 12 nitrogen and oxygen atoms in total. The molecule has 13 saturated carbocycles. The minimum Gasteiger partial charge on any atom is -0.348 e. The van der Waals surface area contributed by atoms with Gasteiger partial charge in [0.05, 0.1) is 18.1 Å². The van der Waals surface area contributed by atoms with Crippen molar-refractivity contribution in [1.29, 1.82) is 0 Å². The van der Waals surface area contributed by atoms with Crippen molar-refractivity contribution >= 4 is 52.5 Å². The molecular formula is C98H132Cl3N9O3. The lowest BCUT2D eigenvalue weighted by Crippen LogP contribution is -2.56. The molecule has 7 atom stereocenters. The summed E-state index contributed by atoms with van der Waals surface area (Å²) in [6.45, 7) is 9.44. The highest BCUT2D eigenvalue weighted by Gasteiger charge is 2.60. The van der Waals surface area contributed by atoms with Crippen LogP contribution in [0.5, 0.6) is 0 Å². The third kappa shape index (κ3) is 16.2. The molecule has 16 aliphatic rings. The van der Waals surface area contributed by atoms with Gasteiger partial charge in [0.2, 0.25) is 0 Å². The van der Waals surface area contributed by atoms with Gasteiger partial charge in [-0.25, -0.2) is 0 Å². The maximum atomic E-state index is 14.1. The molecule has 3 amide bonds. The van der Waals surface area contributed by atoms with Gasteiger partial charge in [-0.1, -0.05) is 175 Å². The van der Waals surface area contributed by atoms with E-state index in [0.29, 0.717) is 70.8 Å². The van der Waals surface area contributed by atoms with Gasteiger partial charge < -0.3 is 16.0 Å². The van der Waals surface area contributed by atoms with Crippen LogP contribution in [-0.4, -0.2) is 65.2 Å². The Hall–Kier alpha value is -5.43. The number of carbonyl (C=O) groups is 3. The van der Waals surface area contributed by atoms with E-state index in [9.17, 15) is 14.4 Å². The van der Waals surface area contributed by atoms with Gasteiger partial charge in [0.15, 0.2) is 17.1 Å². The summed E-state index contributed by atoms with van der Waals surface area (Å²) in [5, 5.41) is 28.9. The van der Waals surface area contributed by atoms with Gasteiger partial charge in [-0.3, -0.25) is 28.4 Å². The summed E-state index contributed by atoms with van der Waals surface area (Å²) in [6, 6.07) is 27.1. The van der Waals surface area contributed by atoms with Crippen LogP contribution < -0.4 is 16.0 Å². The summed E-state index contributed by atoms with van der Waals surface area (Å²) in [6.07, 6.45) is 53.6. The van der Waals surface area contributed by atoms with E-state index < -0.39 is 0 Å². The lowest BCUT2D eigenvalue weighted by Gasteiger charge is -2.59. The number of amides is 3. The fraction of sp³-hybridized carbons (Fsp3) is 0.694. The molecule has 3 heterocycles. The van der Waals surface area contributed by atoms with Gasteiger partial charge in [0.25, 0.3) is 17.7 Å². The zero-order chi connectivity index (χ0) is 77.3. The zero-order valence-electron chi connectivity index (χ0n) is 68.9. The van der Waals surface area contributed by atoms with E-state index in [1.807, 2.05) is 24.3 Å². The maximum Gasteiger partial charge on any atom is 0.272 e. The van der Waals surface area contributed by atoms with Crippen LogP contribution in [0.3, 0.4) is 0 Å². The van der Waals surface area contributed by atoms with Crippen LogP contribution in [-0.2, 0) is 38.5 Å². The Morgan fingerprint density at radius 1 is 0.451 bits per heavy atom. The first-order valence-electron chi connectivity index (χ1n) is 46.4. The van der Waals surface area contributed by atoms with E-state index in [0.717, 1.165) is 133 Å². The van der Waals surface area contributed by atoms with Gasteiger partial charge >= 0.3 is 0 Å². The highest BCUT2D eigenvalue weighted by Crippen LogP contribution is 2.64. The number of hydrogen-bond acceptors (Lipinski definition) is 6. The average molecular weight is 1590 g/mol. The molecule has 15 heteroatoms. The molecule has 0 radical (unpaired) electrons. The van der Waals surface area contributed by atoms with E-state index in [1.165, 1.54) is 256 Å². The molecule has 13 fully saturated rings. The fourth-order valence-corrected chi connectivity index (χ4v) is 28.8. The molecule has 16 aliphatic carbocycles. The van der Waals surface area contributed by atoms with E-state index in [-0.39, 0.29) is 40.6 Å². The second-order valence-electron chi connectivity index (χ2n) is 40.9. The SMILES string of the molecule is CC(NC(=O)c1nn(C2CCCCC2)c2c1CCCCC2Cc1cccc(Cl)c1)C12CC3CC(CC(C3)C1)C2.CC12CCC(C1)C(C)(C)[C@H]2NC(=O)c1nn(C2CCCCC2)c2c1CCCCC2Cc1ccccc1Cl.O=C(NC1C2CC3CC(C2)CC1C3)c1nn(C2CCCCC2)c2c1CCCCC2Cc1cccc(Cl)c1. The summed E-state index contributed by atoms with van der Waals surface area (Å²) in [7, 11) is 0. The Kier molecular flexibility index (Phi) is 23.3. The molecule has 3 aromatic carbocycles. The molecule has 608 valence electrons. The Labute approximate surface area is 690 Å². The fourth-order valence-electron chi connectivity index (χ4n) is 28.1. The largest absolute Gasteiger partial charge is 0.348 e. The van der Waals surface area contributed by atoms with Crippen molar-refractivity contribution in [2.24, 2.45) is 63.6 Å². The summed E-state index contributed by atoms with van der Waals surface area (Å²) in [5.74, 6) is 8.02. The molecule has 22 rings (SSSR count). The number of nitrogens with one attached hydrogen (secondary N) is 3. The number of nitrogens with zero attached hydrogens (tertiary/aromatic N) is 6. The number of fused-ring (bicyclic) bond motifs is 5. The van der Waals surface area contributed by atoms with Crippen LogP contribution in [0.25, 0.3) is 0 Å². The van der Waals surface area contributed by atoms with Crippen LogP contribution in [0.1, 0.15) is 389 Å². The molecule has 0 aliphatic heterocycles. The van der Waals surface area contributed by atoms with Crippen LogP contribution in [0.15, 0.2) is 72.8 Å². The Bertz CT molecular complexity index is 4330. The molecule has 3 aromatic heterocycles. The molecule has 6 unspecified atom stereocenters. The smallest absolute Gasteiger partial charge is 0.272 e. The van der Waals surface area contributed by atoms with Crippen molar-refractivity contribution in [1.82, 2.24) is 45.3 Å². The quantitative estimate of drug-likeness (QED) is 0.0825. The van der Waals surface area contributed by atoms with E-state index in [1.54, 1.807) is 0 Å². The van der Waals surface area contributed by atoms with Crippen LogP contribution >= 0.6 is 34.8 Å². The lowest BCUT2D eigenvalue weighted by molar-refractivity contribution is -0.0688. The third-order valence-electron chi connectivity index (χ3n) is 33.0. The summed E-state index contributed by atoms with van der Waals surface area (Å²) in [5.41, 5.74) is 14.5. The van der Waals surface area contributed by atoms with Gasteiger partial charge in [-0.15, -0.1) is 0 Å². The number of benzene rings is 3. The first-order valence-corrected chi connectivity index (χ1v) is 47.5. The number of carbonyl (C=O) groups excluding carboxylic acids is 3. The topological polar surface area (TPSA) is 141 Å². The molecule has 113 heavy (non-hydrogen) atoms. The van der Waals surface area contributed by atoms with Crippen molar-refractivity contribution in [2.45, 2.75) is 364 Å². The van der Waals surface area contributed by atoms with Crippen molar-refractivity contribution in [3.63, 3.8) is 0 Å². The van der Waals surface area contributed by atoms with Crippen molar-refractivity contribution < 1.29 is 14.4 Å². The zero-order valence-corrected chi connectivity index (χ0v) is 71.2. The standard InChI is InChI=1S/C34H46ClN3O.C32H42ClN3O.C32H44ClN3O/c1-22(34-19-24-14-25(20-34)16-26(15-24)21-34)36-33(39)31-30-13-6-5-9-27(17-23-8-7-10-28(35)18-23)32(30)38(37-31)29-11-3-2-4-12-29;33-26-9-6-7-20(19-26)14-23-8-4-5-12-28-30(35-36(31(23)28)27-10-2-1-3-11-27)32(37)34-29-24-15-21-13-22(17-24)18-25(29)16-21;1-31(2)23-17-18-32(3,20-23)30(31)34-29(37)27-25-15-9-7-12-22(19-21-11-8-10-16-26(21)33)28(25)36(35-27)24-13-5-4-6-14-24/h7-8,10,18,22,24-27,29H,2-6,9,11-17,19-21H2,1H3,(H,36,39);6-7,9,19,21-25,27,29H,1-5,8,10-18H2,(H,34,37);8,10-11,16,22-24,30H,4-7,9,12-15,17-20H2,1-3H3,(H,34,37)/t;;22?,23?,30-,32?/m..1/s1. The second kappa shape index (κ2) is 33.4. The van der Waals surface area contributed by atoms with Crippen LogP contribution in [0.4, 0.5) is 0 Å². The minimum absolute atomic E-state index is 0.0658. The maximum absolute atomic E-state index is 14.1. The highest BCUT2D eigenvalue weighted by molar-refractivity contribution is 6.31. The summed E-state index contributed by atoms with van der Waals surface area (Å²) >= 11 is 19.4. The van der Waals surface area contributed by atoms with Gasteiger partial charge in [-0.05, 0) is 323 Å². The monoisotopic (exact) mass is 1590 g/mol. The molecule has 3 N–H and O–H groups in total. The first kappa shape index (κ1) is 78.7. The molecule has 10 bridgehead atoms. The molecular weight excluding hydrogens is 1460 g/mol. The van der Waals surface area contributed by atoms with Crippen LogP contribution in [0.2, 0.25) is 15.1 Å². The van der Waals surface area contributed by atoms with Crippen LogP contribution in [0, 0.1) is 63.6 Å². The van der Waals surface area contributed by atoms with E-state index in [2.05, 4.69) is 106 Å². The Balaban J connectivity index is 0.000000118. The number of halogens is 3. The highest BCUT2D eigenvalue weighted by atomic mass is 35.5. The van der Waals surface area contributed by atoms with Crippen molar-refractivity contribution in [3.8, 4) is 0 Å². The Morgan fingerprint density at radius 3 is 1.30 bits per heavy atom. The summed E-state index contributed by atoms with van der Waals surface area (Å²) in [4.78, 5) is 42.3. The first-order chi connectivity index (χ1) is 54.9. The third-order valence-corrected chi connectivity index (χ3v) is 33.8. The Morgan fingerprint density at radius 2 is 0.867 bits per heavy atom. The van der Waals surface area contributed by atoms with Gasteiger partial charge in [0, 0.05) is 84.7 Å². The average Bonchev–Trinajstić information content (AvgIpc) is 1.50. The number of rotatable bonds is 16. The van der Waals surface area contributed by atoms with Gasteiger partial charge in [0.1, 0.15) is 0 Å². The minimum atomic E-state index is 0.0658. The molecule has 0 spiro atoms. The van der Waals surface area contributed by atoms with E-state index in [4.69, 9.17) is 50.1 Å². The van der Waals surface area contributed by atoms with Crippen molar-refractivity contribution in [3.05, 3.63) is 155 Å².